The first-order chi connectivity index (χ1) is 12.6. The molecule has 1 heterocycles. The minimum Gasteiger partial charge on any atom is -0.351 e. The summed E-state index contributed by atoms with van der Waals surface area (Å²) >= 11 is 6.49. The van der Waals surface area contributed by atoms with E-state index in [1.807, 2.05) is 4.90 Å². The number of unbranched alkanes of at least 4 members (excludes halogenated alkanes) is 1. The topological polar surface area (TPSA) is 38.8 Å². The fourth-order valence-corrected chi connectivity index (χ4v) is 3.59. The molecule has 1 unspecified atom stereocenters. The van der Waals surface area contributed by atoms with Crippen LogP contribution in [0, 0.1) is 0 Å². The largest absolute Gasteiger partial charge is 0.351 e. The van der Waals surface area contributed by atoms with Crippen molar-refractivity contribution in [1.82, 2.24) is 0 Å². The van der Waals surface area contributed by atoms with Gasteiger partial charge >= 0.3 is 0 Å². The van der Waals surface area contributed by atoms with Gasteiger partial charge in [-0.25, -0.2) is 0 Å². The molecule has 0 N–H and O–H groups in total. The lowest BCUT2D eigenvalue weighted by Crippen LogP contribution is -2.45. The summed E-state index contributed by atoms with van der Waals surface area (Å²) in [5, 5.41) is -0.520. The maximum Gasteiger partial charge on any atom is 0.245 e. The van der Waals surface area contributed by atoms with Crippen molar-refractivity contribution in [3.05, 3.63) is 29.3 Å². The molecule has 1 aromatic carbocycles. The number of aryl methyl sites for hydroxylation is 2. The van der Waals surface area contributed by atoms with E-state index in [9.17, 15) is 4.79 Å². The van der Waals surface area contributed by atoms with E-state index in [1.54, 1.807) is 0 Å². The molecule has 1 fully saturated rings. The first kappa shape index (κ1) is 21.2. The Hall–Kier alpha value is -1.10. The van der Waals surface area contributed by atoms with Crippen LogP contribution in [-0.4, -0.2) is 37.3 Å². The molecule has 2 rings (SSSR count). The Bertz CT molecular complexity index is 550. The molecule has 0 radical (unpaired) electrons. The van der Waals surface area contributed by atoms with Gasteiger partial charge in [-0.15, -0.1) is 11.6 Å². The Morgan fingerprint density at radius 3 is 2.35 bits per heavy atom. The van der Waals surface area contributed by atoms with Gasteiger partial charge in [0.2, 0.25) is 5.91 Å². The summed E-state index contributed by atoms with van der Waals surface area (Å²) in [7, 11) is 0. The van der Waals surface area contributed by atoms with Crippen molar-refractivity contribution in [3.63, 3.8) is 0 Å². The third kappa shape index (κ3) is 5.45. The second kappa shape index (κ2) is 10.9. The summed E-state index contributed by atoms with van der Waals surface area (Å²) in [6.07, 6.45) is 4.89. The number of carbonyl (C=O) groups is 1. The Kier molecular flexibility index (Phi) is 8.89. The molecule has 4 nitrogen and oxygen atoms in total. The summed E-state index contributed by atoms with van der Waals surface area (Å²) < 4.78 is 11.5. The van der Waals surface area contributed by atoms with Crippen molar-refractivity contribution < 1.29 is 14.3 Å². The average molecular weight is 382 g/mol. The molecule has 5 heteroatoms. The highest BCUT2D eigenvalue weighted by Crippen LogP contribution is 2.30. The van der Waals surface area contributed by atoms with Crippen molar-refractivity contribution in [3.8, 4) is 0 Å². The van der Waals surface area contributed by atoms with Crippen molar-refractivity contribution in [1.29, 1.82) is 0 Å². The monoisotopic (exact) mass is 381 g/mol. The van der Waals surface area contributed by atoms with Crippen LogP contribution in [0.2, 0.25) is 0 Å². The first-order valence-electron chi connectivity index (χ1n) is 9.91. The molecule has 1 atom stereocenters. The van der Waals surface area contributed by atoms with E-state index in [1.165, 1.54) is 0 Å². The smallest absolute Gasteiger partial charge is 0.245 e. The summed E-state index contributed by atoms with van der Waals surface area (Å²) in [4.78, 5) is 15.1. The third-order valence-electron chi connectivity index (χ3n) is 4.81. The Morgan fingerprint density at radius 1 is 1.19 bits per heavy atom. The number of anilines is 1. The summed E-state index contributed by atoms with van der Waals surface area (Å²) in [5.74, 6) is -0.0477. The number of halogens is 1. The van der Waals surface area contributed by atoms with Crippen LogP contribution in [0.1, 0.15) is 57.6 Å². The van der Waals surface area contributed by atoms with Gasteiger partial charge in [0.15, 0.2) is 6.29 Å². The van der Waals surface area contributed by atoms with Crippen LogP contribution >= 0.6 is 11.6 Å². The van der Waals surface area contributed by atoms with Crippen molar-refractivity contribution in [2.45, 2.75) is 71.0 Å². The average Bonchev–Trinajstić information content (AvgIpc) is 2.69. The van der Waals surface area contributed by atoms with Crippen molar-refractivity contribution in [2.24, 2.45) is 0 Å². The lowest BCUT2D eigenvalue weighted by Gasteiger charge is -2.33. The molecule has 1 amide bonds. The zero-order valence-electron chi connectivity index (χ0n) is 16.3. The second-order valence-electron chi connectivity index (χ2n) is 6.72. The van der Waals surface area contributed by atoms with Gasteiger partial charge in [-0.05, 0) is 36.8 Å². The van der Waals surface area contributed by atoms with E-state index in [4.69, 9.17) is 21.1 Å². The van der Waals surface area contributed by atoms with Gasteiger partial charge in [0.25, 0.3) is 0 Å². The third-order valence-corrected chi connectivity index (χ3v) is 5.21. The molecule has 1 saturated heterocycles. The molecule has 26 heavy (non-hydrogen) atoms. The van der Waals surface area contributed by atoms with Crippen LogP contribution in [0.5, 0.6) is 0 Å². The number of amides is 1. The molecular weight excluding hydrogens is 350 g/mol. The quantitative estimate of drug-likeness (QED) is 0.581. The molecule has 0 spiro atoms. The van der Waals surface area contributed by atoms with Crippen molar-refractivity contribution >= 4 is 23.2 Å². The fraction of sp³-hybridized carbons (Fsp3) is 0.667. The van der Waals surface area contributed by atoms with Crippen LogP contribution < -0.4 is 4.90 Å². The molecule has 0 bridgehead atoms. The maximum absolute atomic E-state index is 13.2. The molecular formula is C21H32ClNO3. The van der Waals surface area contributed by atoms with Gasteiger partial charge in [-0.3, -0.25) is 4.79 Å². The highest BCUT2D eigenvalue weighted by Gasteiger charge is 2.30. The number of ether oxygens (including phenoxy) is 2. The van der Waals surface area contributed by atoms with Gasteiger partial charge in [0.05, 0.1) is 25.4 Å². The standard InChI is InChI=1S/C21H32ClNO3/c1-4-7-12-18(22)21(24)23(15-19-25-13-9-14-26-19)20-16(5-2)10-8-11-17(20)6-3/h8,10-11,18-19H,4-7,9,12-15H2,1-3H3. The normalized spacial score (nSPS) is 16.5. The van der Waals surface area contributed by atoms with E-state index in [0.29, 0.717) is 26.2 Å². The van der Waals surface area contributed by atoms with E-state index >= 15 is 0 Å². The number of para-hydroxylation sites is 1. The molecule has 0 aliphatic carbocycles. The van der Waals surface area contributed by atoms with Gasteiger partial charge in [0, 0.05) is 0 Å². The number of carbonyl (C=O) groups excluding carboxylic acids is 1. The molecule has 1 aliphatic rings. The van der Waals surface area contributed by atoms with Crippen LogP contribution in [0.3, 0.4) is 0 Å². The second-order valence-corrected chi connectivity index (χ2v) is 7.24. The van der Waals surface area contributed by atoms with Crippen LogP contribution in [0.4, 0.5) is 5.69 Å². The Morgan fingerprint density at radius 2 is 1.81 bits per heavy atom. The lowest BCUT2D eigenvalue weighted by molar-refractivity contribution is -0.173. The highest BCUT2D eigenvalue weighted by atomic mass is 35.5. The number of hydrogen-bond donors (Lipinski definition) is 0. The number of nitrogens with zero attached hydrogens (tertiary/aromatic N) is 1. The van der Waals surface area contributed by atoms with Gasteiger partial charge < -0.3 is 14.4 Å². The van der Waals surface area contributed by atoms with Crippen molar-refractivity contribution in [2.75, 3.05) is 24.7 Å². The molecule has 146 valence electrons. The summed E-state index contributed by atoms with van der Waals surface area (Å²) in [6, 6.07) is 6.24. The predicted octanol–water partition coefficient (Wildman–Crippen LogP) is 4.71. The number of alkyl halides is 1. The highest BCUT2D eigenvalue weighted by molar-refractivity contribution is 6.32. The van der Waals surface area contributed by atoms with Crippen LogP contribution in [0.15, 0.2) is 18.2 Å². The predicted molar refractivity (Wildman–Crippen MR) is 107 cm³/mol. The zero-order chi connectivity index (χ0) is 18.9. The molecule has 0 aromatic heterocycles. The molecule has 1 aliphatic heterocycles. The molecule has 0 saturated carbocycles. The van der Waals surface area contributed by atoms with E-state index in [-0.39, 0.29) is 5.91 Å². The number of rotatable bonds is 9. The lowest BCUT2D eigenvalue weighted by atomic mass is 10.0. The van der Waals surface area contributed by atoms with E-state index < -0.39 is 11.7 Å². The first-order valence-corrected chi connectivity index (χ1v) is 10.3. The van der Waals surface area contributed by atoms with E-state index in [0.717, 1.165) is 48.9 Å². The summed E-state index contributed by atoms with van der Waals surface area (Å²) in [6.45, 7) is 8.06. The van der Waals surface area contributed by atoms with Crippen LogP contribution in [0.25, 0.3) is 0 Å². The van der Waals surface area contributed by atoms with Gasteiger partial charge in [0.1, 0.15) is 5.38 Å². The maximum atomic E-state index is 13.2. The SMILES string of the molecule is CCCCC(Cl)C(=O)N(CC1OCCCO1)c1c(CC)cccc1CC. The summed E-state index contributed by atoms with van der Waals surface area (Å²) in [5.41, 5.74) is 3.31. The minimum absolute atomic E-state index is 0.0477. The molecule has 1 aromatic rings. The zero-order valence-corrected chi connectivity index (χ0v) is 17.1. The van der Waals surface area contributed by atoms with Crippen LogP contribution in [-0.2, 0) is 27.1 Å². The fourth-order valence-electron chi connectivity index (χ4n) is 3.32. The number of benzene rings is 1. The minimum atomic E-state index is -0.520. The number of hydrogen-bond acceptors (Lipinski definition) is 3. The Labute approximate surface area is 162 Å². The van der Waals surface area contributed by atoms with Gasteiger partial charge in [-0.2, -0.15) is 0 Å². The Balaban J connectivity index is 2.34. The van der Waals surface area contributed by atoms with Gasteiger partial charge in [-0.1, -0.05) is 51.8 Å². The van der Waals surface area contributed by atoms with E-state index in [2.05, 4.69) is 39.0 Å².